The first-order valence-electron chi connectivity index (χ1n) is 4.00. The molecule has 0 heterocycles. The number of nitro groups is 1. The minimum atomic E-state index is -1.46. The molecule has 0 spiro atoms. The summed E-state index contributed by atoms with van der Waals surface area (Å²) >= 11 is 0. The maximum absolute atomic E-state index is 12.9. The number of nitrogens with two attached hydrogens (primary N) is 1. The molecule has 0 bridgehead atoms. The Kier molecular flexibility index (Phi) is 3.64. The number of benzene rings is 1. The van der Waals surface area contributed by atoms with Crippen molar-refractivity contribution in [3.8, 4) is 0 Å². The molecule has 1 aromatic carbocycles. The van der Waals surface area contributed by atoms with E-state index in [4.69, 9.17) is 5.90 Å². The van der Waals surface area contributed by atoms with E-state index in [1.54, 1.807) is 0 Å². The van der Waals surface area contributed by atoms with E-state index in [-0.39, 0.29) is 18.6 Å². The summed E-state index contributed by atoms with van der Waals surface area (Å²) in [4.78, 5) is 13.6. The Bertz CT molecular complexity index is 384. The summed E-state index contributed by atoms with van der Waals surface area (Å²) in [7, 11) is 0. The van der Waals surface area contributed by atoms with Crippen molar-refractivity contribution in [1.82, 2.24) is 0 Å². The van der Waals surface area contributed by atoms with E-state index < -0.39 is 22.2 Å². The second-order valence-corrected chi connectivity index (χ2v) is 2.79. The molecule has 0 aliphatic rings. The molecule has 0 aliphatic heterocycles. The molecule has 15 heavy (non-hydrogen) atoms. The third kappa shape index (κ3) is 2.67. The number of nitrogens with zero attached hydrogens (tertiary/aromatic N) is 1. The second kappa shape index (κ2) is 4.76. The first kappa shape index (κ1) is 11.5. The van der Waals surface area contributed by atoms with Gasteiger partial charge in [0.1, 0.15) is 0 Å². The average molecular weight is 218 g/mol. The molecule has 5 nitrogen and oxygen atoms in total. The highest BCUT2D eigenvalue weighted by atomic mass is 19.2. The van der Waals surface area contributed by atoms with Gasteiger partial charge < -0.3 is 4.84 Å². The van der Waals surface area contributed by atoms with Crippen LogP contribution in [0.3, 0.4) is 0 Å². The normalized spacial score (nSPS) is 10.3. The Morgan fingerprint density at radius 3 is 2.67 bits per heavy atom. The zero-order chi connectivity index (χ0) is 11.4. The molecule has 7 heteroatoms. The van der Waals surface area contributed by atoms with Gasteiger partial charge in [0.15, 0.2) is 5.82 Å². The number of rotatable bonds is 4. The van der Waals surface area contributed by atoms with Crippen LogP contribution >= 0.6 is 0 Å². The van der Waals surface area contributed by atoms with Crippen LogP contribution in [0.25, 0.3) is 0 Å². The molecule has 0 aromatic heterocycles. The molecule has 0 fully saturated rings. The molecular formula is C8H8F2N2O3. The molecule has 0 amide bonds. The third-order valence-electron chi connectivity index (χ3n) is 1.77. The highest BCUT2D eigenvalue weighted by Gasteiger charge is 2.19. The minimum absolute atomic E-state index is 0.0717. The van der Waals surface area contributed by atoms with E-state index in [0.29, 0.717) is 0 Å². The molecule has 0 saturated carbocycles. The van der Waals surface area contributed by atoms with Crippen LogP contribution in [-0.2, 0) is 11.3 Å². The highest BCUT2D eigenvalue weighted by molar-refractivity contribution is 5.37. The van der Waals surface area contributed by atoms with Gasteiger partial charge >= 0.3 is 5.69 Å². The van der Waals surface area contributed by atoms with Crippen molar-refractivity contribution >= 4 is 5.69 Å². The molecule has 0 radical (unpaired) electrons. The van der Waals surface area contributed by atoms with Crippen LogP contribution in [0.5, 0.6) is 0 Å². The molecule has 0 aliphatic carbocycles. The van der Waals surface area contributed by atoms with Crippen LogP contribution in [-0.4, -0.2) is 11.5 Å². The number of halogens is 2. The van der Waals surface area contributed by atoms with Crippen LogP contribution in [0, 0.1) is 21.7 Å². The molecule has 82 valence electrons. The number of nitro benzene ring substituents is 1. The SMILES string of the molecule is NOCCc1cc(F)c(F)c([N+](=O)[O-])c1. The molecule has 0 unspecified atom stereocenters. The van der Waals surface area contributed by atoms with Crippen molar-refractivity contribution in [1.29, 1.82) is 0 Å². The lowest BCUT2D eigenvalue weighted by Gasteiger charge is -2.01. The molecule has 0 atom stereocenters. The lowest BCUT2D eigenvalue weighted by atomic mass is 10.1. The second-order valence-electron chi connectivity index (χ2n) is 2.79. The Hall–Kier alpha value is -1.60. The van der Waals surface area contributed by atoms with Crippen molar-refractivity contribution in [2.75, 3.05) is 6.61 Å². The van der Waals surface area contributed by atoms with Gasteiger partial charge in [-0.15, -0.1) is 0 Å². The van der Waals surface area contributed by atoms with E-state index in [1.807, 2.05) is 0 Å². The van der Waals surface area contributed by atoms with Crippen molar-refractivity contribution < 1.29 is 18.5 Å². The zero-order valence-corrected chi connectivity index (χ0v) is 7.57. The predicted molar refractivity (Wildman–Crippen MR) is 46.9 cm³/mol. The van der Waals surface area contributed by atoms with E-state index in [9.17, 15) is 18.9 Å². The quantitative estimate of drug-likeness (QED) is 0.610. The summed E-state index contributed by atoms with van der Waals surface area (Å²) in [6.45, 7) is 0.0717. The Labute approximate surface area is 83.6 Å². The van der Waals surface area contributed by atoms with Gasteiger partial charge in [0, 0.05) is 6.07 Å². The minimum Gasteiger partial charge on any atom is -0.304 e. The van der Waals surface area contributed by atoms with Gasteiger partial charge in [0.05, 0.1) is 11.5 Å². The zero-order valence-electron chi connectivity index (χ0n) is 7.57. The third-order valence-corrected chi connectivity index (χ3v) is 1.77. The Morgan fingerprint density at radius 2 is 2.13 bits per heavy atom. The van der Waals surface area contributed by atoms with Crippen LogP contribution < -0.4 is 5.90 Å². The maximum Gasteiger partial charge on any atom is 0.308 e. The molecule has 0 saturated heterocycles. The standard InChI is InChI=1S/C8H8F2N2O3/c9-6-3-5(1-2-15-11)4-7(8(6)10)12(13)14/h3-4H,1-2,11H2. The summed E-state index contributed by atoms with van der Waals surface area (Å²) in [6, 6.07) is 1.83. The first-order valence-corrected chi connectivity index (χ1v) is 4.00. The van der Waals surface area contributed by atoms with Crippen molar-refractivity contribution in [2.45, 2.75) is 6.42 Å². The maximum atomic E-state index is 12.9. The van der Waals surface area contributed by atoms with Crippen LogP contribution in [0.15, 0.2) is 12.1 Å². The van der Waals surface area contributed by atoms with Gasteiger partial charge in [0.2, 0.25) is 5.82 Å². The van der Waals surface area contributed by atoms with Gasteiger partial charge in [-0.05, 0) is 18.1 Å². The largest absolute Gasteiger partial charge is 0.308 e. The van der Waals surface area contributed by atoms with E-state index in [0.717, 1.165) is 12.1 Å². The summed E-state index contributed by atoms with van der Waals surface area (Å²) < 4.78 is 25.8. The lowest BCUT2D eigenvalue weighted by Crippen LogP contribution is -2.05. The van der Waals surface area contributed by atoms with Crippen LogP contribution in [0.2, 0.25) is 0 Å². The summed E-state index contributed by atoms with van der Waals surface area (Å²) in [5.41, 5.74) is -0.631. The fraction of sp³-hybridized carbons (Fsp3) is 0.250. The van der Waals surface area contributed by atoms with Gasteiger partial charge in [-0.25, -0.2) is 10.3 Å². The van der Waals surface area contributed by atoms with Gasteiger partial charge in [0.25, 0.3) is 0 Å². The first-order chi connectivity index (χ1) is 7.06. The molecule has 2 N–H and O–H groups in total. The van der Waals surface area contributed by atoms with Crippen molar-refractivity contribution in [3.05, 3.63) is 39.4 Å². The fourth-order valence-electron chi connectivity index (χ4n) is 1.08. The average Bonchev–Trinajstić information content (AvgIpc) is 2.19. The topological polar surface area (TPSA) is 78.4 Å². The summed E-state index contributed by atoms with van der Waals surface area (Å²) in [5.74, 6) is 2.03. The van der Waals surface area contributed by atoms with E-state index >= 15 is 0 Å². The Morgan fingerprint density at radius 1 is 1.47 bits per heavy atom. The summed E-state index contributed by atoms with van der Waals surface area (Å²) in [6.07, 6.45) is 0.175. The Balaban J connectivity index is 3.06. The number of hydrogen-bond acceptors (Lipinski definition) is 4. The van der Waals surface area contributed by atoms with Crippen molar-refractivity contribution in [2.24, 2.45) is 5.90 Å². The number of hydrogen-bond donors (Lipinski definition) is 1. The molecule has 1 aromatic rings. The monoisotopic (exact) mass is 218 g/mol. The summed E-state index contributed by atoms with van der Waals surface area (Å²) in [5, 5.41) is 10.3. The lowest BCUT2D eigenvalue weighted by molar-refractivity contribution is -0.387. The van der Waals surface area contributed by atoms with E-state index in [1.165, 1.54) is 0 Å². The van der Waals surface area contributed by atoms with Gasteiger partial charge in [-0.3, -0.25) is 10.1 Å². The van der Waals surface area contributed by atoms with Crippen molar-refractivity contribution in [3.63, 3.8) is 0 Å². The van der Waals surface area contributed by atoms with Crippen LogP contribution in [0.1, 0.15) is 5.56 Å². The molecular weight excluding hydrogens is 210 g/mol. The van der Waals surface area contributed by atoms with Crippen LogP contribution in [0.4, 0.5) is 14.5 Å². The van der Waals surface area contributed by atoms with Gasteiger partial charge in [-0.1, -0.05) is 0 Å². The van der Waals surface area contributed by atoms with Gasteiger partial charge in [-0.2, -0.15) is 4.39 Å². The van der Waals surface area contributed by atoms with E-state index in [2.05, 4.69) is 4.84 Å². The smallest absolute Gasteiger partial charge is 0.304 e. The predicted octanol–water partition coefficient (Wildman–Crippen LogP) is 1.31. The highest BCUT2D eigenvalue weighted by Crippen LogP contribution is 2.22. The fourth-order valence-corrected chi connectivity index (χ4v) is 1.08. The molecule has 1 rings (SSSR count).